The molecule has 106 valence electrons. The van der Waals surface area contributed by atoms with E-state index in [0.717, 1.165) is 19.3 Å². The zero-order valence-electron chi connectivity index (χ0n) is 11.9. The summed E-state index contributed by atoms with van der Waals surface area (Å²) in [6.07, 6.45) is 4.60. The van der Waals surface area contributed by atoms with Crippen LogP contribution in [0.4, 0.5) is 0 Å². The Bertz CT molecular complexity index is 455. The van der Waals surface area contributed by atoms with E-state index in [-0.39, 0.29) is 17.9 Å². The second-order valence-electron chi connectivity index (χ2n) is 5.85. The van der Waals surface area contributed by atoms with Crippen molar-refractivity contribution in [2.75, 3.05) is 6.54 Å². The molecular formula is C14H23N3O2. The maximum Gasteiger partial charge on any atom is 0.271 e. The number of amides is 1. The number of rotatable bonds is 4. The minimum Gasteiger partial charge on any atom is -0.388 e. The summed E-state index contributed by atoms with van der Waals surface area (Å²) in [6.45, 7) is 6.36. The van der Waals surface area contributed by atoms with Gasteiger partial charge in [0.05, 0.1) is 5.60 Å². The summed E-state index contributed by atoms with van der Waals surface area (Å²) < 4.78 is 1.75. The average molecular weight is 265 g/mol. The van der Waals surface area contributed by atoms with Gasteiger partial charge in [-0.25, -0.2) is 0 Å². The van der Waals surface area contributed by atoms with Gasteiger partial charge in [-0.15, -0.1) is 0 Å². The van der Waals surface area contributed by atoms with Crippen LogP contribution in [0.2, 0.25) is 0 Å². The van der Waals surface area contributed by atoms with Crippen LogP contribution in [0.25, 0.3) is 0 Å². The Balaban J connectivity index is 1.94. The Morgan fingerprint density at radius 1 is 1.68 bits per heavy atom. The first-order valence-corrected chi connectivity index (χ1v) is 6.98. The summed E-state index contributed by atoms with van der Waals surface area (Å²) in [4.78, 5) is 12.0. The van der Waals surface area contributed by atoms with E-state index in [9.17, 15) is 9.90 Å². The molecule has 1 fully saturated rings. The van der Waals surface area contributed by atoms with E-state index in [2.05, 4.69) is 10.4 Å². The zero-order valence-corrected chi connectivity index (χ0v) is 11.9. The Hall–Kier alpha value is -1.36. The third kappa shape index (κ3) is 2.97. The van der Waals surface area contributed by atoms with Crippen LogP contribution in [-0.4, -0.2) is 32.9 Å². The van der Waals surface area contributed by atoms with Crippen molar-refractivity contribution in [3.63, 3.8) is 0 Å². The van der Waals surface area contributed by atoms with Gasteiger partial charge in [0.25, 0.3) is 5.91 Å². The van der Waals surface area contributed by atoms with E-state index >= 15 is 0 Å². The van der Waals surface area contributed by atoms with Crippen LogP contribution in [0.15, 0.2) is 12.3 Å². The smallest absolute Gasteiger partial charge is 0.271 e. The maximum absolute atomic E-state index is 12.0. The Morgan fingerprint density at radius 2 is 2.42 bits per heavy atom. The summed E-state index contributed by atoms with van der Waals surface area (Å²) >= 11 is 0. The highest BCUT2D eigenvalue weighted by molar-refractivity contribution is 5.92. The van der Waals surface area contributed by atoms with Crippen molar-refractivity contribution < 1.29 is 9.90 Å². The van der Waals surface area contributed by atoms with Gasteiger partial charge in [-0.05, 0) is 38.7 Å². The van der Waals surface area contributed by atoms with Crippen molar-refractivity contribution in [2.24, 2.45) is 5.92 Å². The van der Waals surface area contributed by atoms with Gasteiger partial charge in [-0.1, -0.05) is 13.3 Å². The van der Waals surface area contributed by atoms with Crippen molar-refractivity contribution in [1.82, 2.24) is 15.1 Å². The lowest BCUT2D eigenvalue weighted by molar-refractivity contribution is 0.0101. The zero-order chi connectivity index (χ0) is 14.0. The van der Waals surface area contributed by atoms with Gasteiger partial charge in [0, 0.05) is 18.8 Å². The molecule has 1 aromatic rings. The summed E-state index contributed by atoms with van der Waals surface area (Å²) in [7, 11) is 0. The van der Waals surface area contributed by atoms with Gasteiger partial charge in [0.2, 0.25) is 0 Å². The lowest BCUT2D eigenvalue weighted by Gasteiger charge is -2.27. The Morgan fingerprint density at radius 3 is 2.95 bits per heavy atom. The third-order valence-corrected chi connectivity index (χ3v) is 4.09. The fourth-order valence-electron chi connectivity index (χ4n) is 2.56. The predicted molar refractivity (Wildman–Crippen MR) is 72.9 cm³/mol. The minimum atomic E-state index is -0.754. The molecule has 0 aromatic carbocycles. The van der Waals surface area contributed by atoms with Crippen molar-refractivity contribution in [3.05, 3.63) is 18.0 Å². The number of hydrogen-bond donors (Lipinski definition) is 2. The van der Waals surface area contributed by atoms with Crippen molar-refractivity contribution >= 4 is 5.91 Å². The van der Waals surface area contributed by atoms with Crippen LogP contribution in [0.3, 0.4) is 0 Å². The molecule has 0 radical (unpaired) electrons. The van der Waals surface area contributed by atoms with Gasteiger partial charge in [-0.3, -0.25) is 9.48 Å². The first kappa shape index (κ1) is 14.1. The average Bonchev–Trinajstić information content (AvgIpc) is 2.96. The molecule has 1 saturated carbocycles. The van der Waals surface area contributed by atoms with E-state index in [1.54, 1.807) is 16.9 Å². The van der Waals surface area contributed by atoms with Gasteiger partial charge in [0.15, 0.2) is 0 Å². The van der Waals surface area contributed by atoms with Crippen molar-refractivity contribution in [1.29, 1.82) is 0 Å². The van der Waals surface area contributed by atoms with Gasteiger partial charge < -0.3 is 10.4 Å². The van der Waals surface area contributed by atoms with Crippen LogP contribution >= 0.6 is 0 Å². The highest BCUT2D eigenvalue weighted by Crippen LogP contribution is 2.34. The standard InChI is InChI=1S/C14H23N3O2/c1-10(2)17-8-6-12(16-17)13(18)15-9-14(19)7-4-5-11(14)3/h6,8,10-11,19H,4-5,7,9H2,1-3H3,(H,15,18)/t11-,14+/m0/s1. The number of aromatic nitrogens is 2. The highest BCUT2D eigenvalue weighted by Gasteiger charge is 2.38. The molecule has 0 aliphatic heterocycles. The topological polar surface area (TPSA) is 67.2 Å². The van der Waals surface area contributed by atoms with Crippen LogP contribution < -0.4 is 5.32 Å². The van der Waals surface area contributed by atoms with E-state index in [4.69, 9.17) is 0 Å². The van der Waals surface area contributed by atoms with E-state index in [1.807, 2.05) is 20.8 Å². The first-order valence-electron chi connectivity index (χ1n) is 6.98. The molecule has 5 nitrogen and oxygen atoms in total. The number of nitrogens with one attached hydrogen (secondary N) is 1. The summed E-state index contributed by atoms with van der Waals surface area (Å²) in [6, 6.07) is 1.94. The molecule has 0 unspecified atom stereocenters. The molecule has 0 bridgehead atoms. The van der Waals surface area contributed by atoms with Crippen LogP contribution in [0.1, 0.15) is 56.6 Å². The molecule has 1 aliphatic rings. The van der Waals surface area contributed by atoms with Crippen LogP contribution in [0, 0.1) is 5.92 Å². The molecule has 2 N–H and O–H groups in total. The molecule has 2 atom stereocenters. The summed E-state index contributed by atoms with van der Waals surface area (Å²) in [5.41, 5.74) is -0.348. The van der Waals surface area contributed by atoms with Crippen LogP contribution in [-0.2, 0) is 0 Å². The van der Waals surface area contributed by atoms with E-state index in [1.165, 1.54) is 0 Å². The Kier molecular flexibility index (Phi) is 3.94. The van der Waals surface area contributed by atoms with E-state index < -0.39 is 5.60 Å². The van der Waals surface area contributed by atoms with Gasteiger partial charge >= 0.3 is 0 Å². The minimum absolute atomic E-state index is 0.216. The second kappa shape index (κ2) is 5.33. The van der Waals surface area contributed by atoms with Crippen molar-refractivity contribution in [2.45, 2.75) is 51.7 Å². The third-order valence-electron chi connectivity index (χ3n) is 4.09. The van der Waals surface area contributed by atoms with Gasteiger partial charge in [0.1, 0.15) is 5.69 Å². The predicted octanol–water partition coefficient (Wildman–Crippen LogP) is 1.74. The Labute approximate surface area is 114 Å². The quantitative estimate of drug-likeness (QED) is 0.871. The molecule has 5 heteroatoms. The highest BCUT2D eigenvalue weighted by atomic mass is 16.3. The first-order chi connectivity index (χ1) is 8.92. The van der Waals surface area contributed by atoms with E-state index in [0.29, 0.717) is 12.2 Å². The van der Waals surface area contributed by atoms with Crippen LogP contribution in [0.5, 0.6) is 0 Å². The largest absolute Gasteiger partial charge is 0.388 e. The number of hydrogen-bond acceptors (Lipinski definition) is 3. The molecule has 0 saturated heterocycles. The summed E-state index contributed by atoms with van der Waals surface area (Å²) in [5.74, 6) is 0.0212. The van der Waals surface area contributed by atoms with Crippen molar-refractivity contribution in [3.8, 4) is 0 Å². The number of nitrogens with zero attached hydrogens (tertiary/aromatic N) is 2. The normalized spacial score (nSPS) is 26.9. The molecule has 1 heterocycles. The number of aliphatic hydroxyl groups is 1. The molecule has 1 aliphatic carbocycles. The molecule has 2 rings (SSSR count). The fraction of sp³-hybridized carbons (Fsp3) is 0.714. The second-order valence-corrected chi connectivity index (χ2v) is 5.85. The summed E-state index contributed by atoms with van der Waals surface area (Å²) in [5, 5.41) is 17.4. The molecular weight excluding hydrogens is 242 g/mol. The fourth-order valence-corrected chi connectivity index (χ4v) is 2.56. The van der Waals surface area contributed by atoms with Gasteiger partial charge in [-0.2, -0.15) is 5.10 Å². The maximum atomic E-state index is 12.0. The lowest BCUT2D eigenvalue weighted by Crippen LogP contribution is -2.44. The lowest BCUT2D eigenvalue weighted by atomic mass is 9.92. The molecule has 19 heavy (non-hydrogen) atoms. The molecule has 0 spiro atoms. The number of carbonyl (C=O) groups excluding carboxylic acids is 1. The monoisotopic (exact) mass is 265 g/mol. The SMILES string of the molecule is CC(C)n1ccc(C(=O)NC[C@]2(O)CCC[C@@H]2C)n1. The molecule has 1 aromatic heterocycles. The number of carbonyl (C=O) groups is 1. The molecule has 1 amide bonds.